The molecule has 0 aromatic heterocycles. The van der Waals surface area contributed by atoms with Crippen LogP contribution in [0.2, 0.25) is 0 Å². The van der Waals surface area contributed by atoms with Gasteiger partial charge in [-0.1, -0.05) is 32.6 Å². The number of nitrogens with zero attached hydrogens (tertiary/aromatic N) is 1. The summed E-state index contributed by atoms with van der Waals surface area (Å²) in [7, 11) is 0. The largest absolute Gasteiger partial charge is 0.480 e. The van der Waals surface area contributed by atoms with Crippen molar-refractivity contribution in [2.75, 3.05) is 19.6 Å². The molecule has 0 saturated carbocycles. The summed E-state index contributed by atoms with van der Waals surface area (Å²) in [5.41, 5.74) is 0. The molecule has 0 rings (SSSR count). The molecule has 0 aliphatic heterocycles. The minimum Gasteiger partial charge on any atom is -0.480 e. The molecular weight excluding hydrogens is 178 g/mol. The molecule has 0 aliphatic carbocycles. The van der Waals surface area contributed by atoms with Gasteiger partial charge in [0.05, 0.1) is 13.1 Å². The molecular formula is C11H19NO2. The molecule has 0 spiro atoms. The molecule has 14 heavy (non-hydrogen) atoms. The lowest BCUT2D eigenvalue weighted by Gasteiger charge is -2.22. The molecule has 0 aromatic carbocycles. The molecule has 3 heteroatoms. The maximum Gasteiger partial charge on any atom is 0.317 e. The average Bonchev–Trinajstić information content (AvgIpc) is 2.13. The van der Waals surface area contributed by atoms with Crippen LogP contribution in [0.3, 0.4) is 0 Å². The molecule has 0 atom stereocenters. The number of carboxylic acids is 1. The van der Waals surface area contributed by atoms with Crippen molar-refractivity contribution in [1.29, 1.82) is 0 Å². The van der Waals surface area contributed by atoms with Gasteiger partial charge in [-0.3, -0.25) is 9.69 Å². The van der Waals surface area contributed by atoms with E-state index in [0.717, 1.165) is 19.4 Å². The highest BCUT2D eigenvalue weighted by Crippen LogP contribution is 2.09. The fourth-order valence-corrected chi connectivity index (χ4v) is 1.42. The van der Waals surface area contributed by atoms with Crippen LogP contribution in [0.5, 0.6) is 0 Å². The lowest BCUT2D eigenvalue weighted by atomic mass is 10.0. The summed E-state index contributed by atoms with van der Waals surface area (Å²) in [6.45, 7) is 5.47. The van der Waals surface area contributed by atoms with E-state index in [1.54, 1.807) is 4.90 Å². The van der Waals surface area contributed by atoms with Crippen molar-refractivity contribution in [3.05, 3.63) is 0 Å². The molecule has 80 valence electrons. The second kappa shape index (κ2) is 7.40. The predicted molar refractivity (Wildman–Crippen MR) is 57.0 cm³/mol. The lowest BCUT2D eigenvalue weighted by Crippen LogP contribution is -2.34. The van der Waals surface area contributed by atoms with E-state index in [0.29, 0.717) is 12.5 Å². The Bertz CT molecular complexity index is 204. The zero-order valence-electron chi connectivity index (χ0n) is 8.99. The standard InChI is InChI=1S/C11H19NO2/c1-4-7-12(9-11(13)14)8-10(5-2)6-3/h1,10H,5-9H2,2-3H3,(H,13,14). The second-order valence-corrected chi connectivity index (χ2v) is 3.45. The van der Waals surface area contributed by atoms with E-state index in [1.165, 1.54) is 0 Å². The summed E-state index contributed by atoms with van der Waals surface area (Å²) >= 11 is 0. The Morgan fingerprint density at radius 2 is 2.07 bits per heavy atom. The van der Waals surface area contributed by atoms with Gasteiger partial charge in [0.25, 0.3) is 0 Å². The van der Waals surface area contributed by atoms with E-state index in [4.69, 9.17) is 11.5 Å². The molecule has 1 N–H and O–H groups in total. The van der Waals surface area contributed by atoms with E-state index in [2.05, 4.69) is 19.8 Å². The highest BCUT2D eigenvalue weighted by Gasteiger charge is 2.12. The van der Waals surface area contributed by atoms with E-state index in [1.807, 2.05) is 0 Å². The molecule has 0 fully saturated rings. The number of carbonyl (C=O) groups is 1. The topological polar surface area (TPSA) is 40.5 Å². The summed E-state index contributed by atoms with van der Waals surface area (Å²) in [4.78, 5) is 12.3. The van der Waals surface area contributed by atoms with Crippen LogP contribution < -0.4 is 0 Å². The highest BCUT2D eigenvalue weighted by atomic mass is 16.4. The normalized spacial score (nSPS) is 10.5. The molecule has 0 bridgehead atoms. The minimum atomic E-state index is -0.814. The average molecular weight is 197 g/mol. The number of carboxylic acid groups (broad SMARTS) is 1. The van der Waals surface area contributed by atoms with Gasteiger partial charge >= 0.3 is 5.97 Å². The Morgan fingerprint density at radius 1 is 1.50 bits per heavy atom. The zero-order chi connectivity index (χ0) is 11.0. The fraction of sp³-hybridized carbons (Fsp3) is 0.727. The molecule has 0 unspecified atom stereocenters. The molecule has 0 heterocycles. The van der Waals surface area contributed by atoms with Crippen molar-refractivity contribution >= 4 is 5.97 Å². The van der Waals surface area contributed by atoms with Gasteiger partial charge in [0, 0.05) is 6.54 Å². The molecule has 3 nitrogen and oxygen atoms in total. The Kier molecular flexibility index (Phi) is 6.87. The summed E-state index contributed by atoms with van der Waals surface area (Å²) in [5.74, 6) is 2.22. The summed E-state index contributed by atoms with van der Waals surface area (Å²) in [6, 6.07) is 0. The van der Waals surface area contributed by atoms with Crippen LogP contribution in [0.15, 0.2) is 0 Å². The van der Waals surface area contributed by atoms with Gasteiger partial charge < -0.3 is 5.11 Å². The third-order valence-corrected chi connectivity index (χ3v) is 2.34. The van der Waals surface area contributed by atoms with Crippen LogP contribution in [0.4, 0.5) is 0 Å². The first kappa shape index (κ1) is 13.0. The highest BCUT2D eigenvalue weighted by molar-refractivity contribution is 5.69. The maximum atomic E-state index is 10.5. The lowest BCUT2D eigenvalue weighted by molar-refractivity contribution is -0.138. The number of hydrogen-bond acceptors (Lipinski definition) is 2. The fourth-order valence-electron chi connectivity index (χ4n) is 1.42. The number of rotatable bonds is 7. The van der Waals surface area contributed by atoms with E-state index in [9.17, 15) is 4.79 Å². The van der Waals surface area contributed by atoms with Gasteiger partial charge in [-0.15, -0.1) is 6.42 Å². The van der Waals surface area contributed by atoms with E-state index < -0.39 is 5.97 Å². The first-order valence-corrected chi connectivity index (χ1v) is 5.01. The van der Waals surface area contributed by atoms with Crippen molar-refractivity contribution in [3.63, 3.8) is 0 Å². The molecule has 0 amide bonds. The molecule has 0 radical (unpaired) electrons. The van der Waals surface area contributed by atoms with Crippen LogP contribution in [0.25, 0.3) is 0 Å². The Balaban J connectivity index is 4.07. The smallest absolute Gasteiger partial charge is 0.317 e. The summed E-state index contributed by atoms with van der Waals surface area (Å²) in [6.07, 6.45) is 7.31. The van der Waals surface area contributed by atoms with Crippen molar-refractivity contribution < 1.29 is 9.90 Å². The first-order valence-electron chi connectivity index (χ1n) is 5.01. The van der Waals surface area contributed by atoms with Gasteiger partial charge in [-0.2, -0.15) is 0 Å². The van der Waals surface area contributed by atoms with Crippen molar-refractivity contribution in [2.45, 2.75) is 26.7 Å². The van der Waals surface area contributed by atoms with E-state index >= 15 is 0 Å². The first-order chi connectivity index (χ1) is 6.63. The van der Waals surface area contributed by atoms with Gasteiger partial charge in [0.2, 0.25) is 0 Å². The molecule has 0 saturated heterocycles. The molecule has 0 aliphatic rings. The Hall–Kier alpha value is -1.01. The van der Waals surface area contributed by atoms with E-state index in [-0.39, 0.29) is 6.54 Å². The summed E-state index contributed by atoms with van der Waals surface area (Å²) < 4.78 is 0. The maximum absolute atomic E-state index is 10.5. The zero-order valence-corrected chi connectivity index (χ0v) is 8.99. The number of aliphatic carboxylic acids is 1. The van der Waals surface area contributed by atoms with Crippen molar-refractivity contribution in [3.8, 4) is 12.3 Å². The summed E-state index contributed by atoms with van der Waals surface area (Å²) in [5, 5.41) is 8.66. The van der Waals surface area contributed by atoms with Crippen molar-refractivity contribution in [2.24, 2.45) is 5.92 Å². The Morgan fingerprint density at radius 3 is 2.43 bits per heavy atom. The number of terminal acetylenes is 1. The second-order valence-electron chi connectivity index (χ2n) is 3.45. The Labute approximate surface area is 86.1 Å². The third-order valence-electron chi connectivity index (χ3n) is 2.34. The van der Waals surface area contributed by atoms with Crippen molar-refractivity contribution in [1.82, 2.24) is 4.90 Å². The SMILES string of the molecule is C#CCN(CC(=O)O)CC(CC)CC. The van der Waals surface area contributed by atoms with Gasteiger partial charge in [-0.05, 0) is 5.92 Å². The van der Waals surface area contributed by atoms with Gasteiger partial charge in [-0.25, -0.2) is 0 Å². The molecule has 0 aromatic rings. The van der Waals surface area contributed by atoms with Gasteiger partial charge in [0.15, 0.2) is 0 Å². The van der Waals surface area contributed by atoms with Crippen LogP contribution in [0.1, 0.15) is 26.7 Å². The van der Waals surface area contributed by atoms with Crippen LogP contribution in [0, 0.1) is 18.3 Å². The predicted octanol–water partition coefficient (Wildman–Crippen LogP) is 1.44. The minimum absolute atomic E-state index is 0.0424. The van der Waals surface area contributed by atoms with Gasteiger partial charge in [0.1, 0.15) is 0 Å². The van der Waals surface area contributed by atoms with Crippen LogP contribution in [-0.4, -0.2) is 35.6 Å². The monoisotopic (exact) mass is 197 g/mol. The number of hydrogen-bond donors (Lipinski definition) is 1. The van der Waals surface area contributed by atoms with Crippen LogP contribution >= 0.6 is 0 Å². The third kappa shape index (κ3) is 5.60. The van der Waals surface area contributed by atoms with Crippen LogP contribution in [-0.2, 0) is 4.79 Å². The quantitative estimate of drug-likeness (QED) is 0.628.